The van der Waals surface area contributed by atoms with Gasteiger partial charge < -0.3 is 14.2 Å². The van der Waals surface area contributed by atoms with E-state index in [1.54, 1.807) is 11.8 Å². The van der Waals surface area contributed by atoms with Gasteiger partial charge in [-0.1, -0.05) is 6.92 Å². The summed E-state index contributed by atoms with van der Waals surface area (Å²) in [7, 11) is 1.61. The molecular formula is C16H22N4O4. The summed E-state index contributed by atoms with van der Waals surface area (Å²) >= 11 is 0. The summed E-state index contributed by atoms with van der Waals surface area (Å²) in [5.41, 5.74) is 0. The fourth-order valence-corrected chi connectivity index (χ4v) is 2.01. The topological polar surface area (TPSA) is 88.4 Å². The van der Waals surface area contributed by atoms with Crippen LogP contribution in [-0.2, 0) is 22.7 Å². The number of aryl methyl sites for hydroxylation is 1. The van der Waals surface area contributed by atoms with Gasteiger partial charge in [0.25, 0.3) is 0 Å². The van der Waals surface area contributed by atoms with Crippen molar-refractivity contribution < 1.29 is 19.0 Å². The molecule has 1 heterocycles. The van der Waals surface area contributed by atoms with Crippen LogP contribution in [0.15, 0.2) is 24.3 Å². The predicted molar refractivity (Wildman–Crippen MR) is 85.6 cm³/mol. The Morgan fingerprint density at radius 1 is 1.21 bits per heavy atom. The zero-order valence-electron chi connectivity index (χ0n) is 14.0. The SMILES string of the molecule is CCCn1nnnc1COC(=O)CCCOc1ccc(OC)cc1. The molecule has 130 valence electrons. The monoisotopic (exact) mass is 334 g/mol. The van der Waals surface area contributed by atoms with E-state index in [1.165, 1.54) is 0 Å². The maximum Gasteiger partial charge on any atom is 0.306 e. The standard InChI is InChI=1S/C16H22N4O4/c1-3-10-20-15(17-18-19-20)12-24-16(21)5-4-11-23-14-8-6-13(22-2)7-9-14/h6-9H,3-5,10-12H2,1-2H3. The molecule has 8 nitrogen and oxygen atoms in total. The van der Waals surface area contributed by atoms with Crippen LogP contribution in [0.2, 0.25) is 0 Å². The number of ether oxygens (including phenoxy) is 3. The molecule has 0 amide bonds. The number of carbonyl (C=O) groups excluding carboxylic acids is 1. The van der Waals surface area contributed by atoms with Gasteiger partial charge in [0.2, 0.25) is 0 Å². The molecule has 0 aliphatic carbocycles. The Morgan fingerprint density at radius 2 is 1.96 bits per heavy atom. The lowest BCUT2D eigenvalue weighted by Gasteiger charge is -2.07. The summed E-state index contributed by atoms with van der Waals surface area (Å²) in [4.78, 5) is 11.7. The van der Waals surface area contributed by atoms with Crippen molar-refractivity contribution in [1.82, 2.24) is 20.2 Å². The second-order valence-corrected chi connectivity index (χ2v) is 5.11. The molecule has 8 heteroatoms. The fraction of sp³-hybridized carbons (Fsp3) is 0.500. The number of aromatic nitrogens is 4. The van der Waals surface area contributed by atoms with Gasteiger partial charge in [-0.3, -0.25) is 4.79 Å². The lowest BCUT2D eigenvalue weighted by molar-refractivity contribution is -0.145. The molecule has 2 aromatic rings. The molecule has 0 unspecified atom stereocenters. The first-order valence-corrected chi connectivity index (χ1v) is 7.90. The van der Waals surface area contributed by atoms with E-state index in [0.717, 1.165) is 17.9 Å². The summed E-state index contributed by atoms with van der Waals surface area (Å²) in [6.07, 6.45) is 1.77. The third kappa shape index (κ3) is 5.53. The highest BCUT2D eigenvalue weighted by molar-refractivity contribution is 5.69. The average Bonchev–Trinajstić information content (AvgIpc) is 3.05. The largest absolute Gasteiger partial charge is 0.497 e. The van der Waals surface area contributed by atoms with Gasteiger partial charge in [-0.15, -0.1) is 5.10 Å². The first kappa shape index (κ1) is 17.7. The van der Waals surface area contributed by atoms with E-state index in [4.69, 9.17) is 14.2 Å². The van der Waals surface area contributed by atoms with E-state index >= 15 is 0 Å². The Morgan fingerprint density at radius 3 is 2.67 bits per heavy atom. The van der Waals surface area contributed by atoms with Crippen LogP contribution in [0.3, 0.4) is 0 Å². The number of benzene rings is 1. The minimum atomic E-state index is -0.292. The molecule has 0 radical (unpaired) electrons. The maximum atomic E-state index is 11.7. The molecule has 1 aromatic carbocycles. The smallest absolute Gasteiger partial charge is 0.306 e. The molecule has 2 rings (SSSR count). The maximum absolute atomic E-state index is 11.7. The Labute approximate surface area is 140 Å². The van der Waals surface area contributed by atoms with Crippen LogP contribution in [0.4, 0.5) is 0 Å². The molecule has 0 saturated heterocycles. The molecule has 0 fully saturated rings. The quantitative estimate of drug-likeness (QED) is 0.485. The van der Waals surface area contributed by atoms with Gasteiger partial charge in [-0.25, -0.2) is 4.68 Å². The molecule has 0 aliphatic heterocycles. The fourth-order valence-electron chi connectivity index (χ4n) is 2.01. The number of hydrogen-bond donors (Lipinski definition) is 0. The van der Waals surface area contributed by atoms with Crippen molar-refractivity contribution in [3.05, 3.63) is 30.1 Å². The van der Waals surface area contributed by atoms with Crippen LogP contribution in [0.25, 0.3) is 0 Å². The van der Waals surface area contributed by atoms with Gasteiger partial charge in [0.1, 0.15) is 11.5 Å². The summed E-state index contributed by atoms with van der Waals surface area (Å²) in [5, 5.41) is 11.3. The van der Waals surface area contributed by atoms with Crippen LogP contribution >= 0.6 is 0 Å². The normalized spacial score (nSPS) is 10.4. The van der Waals surface area contributed by atoms with Gasteiger partial charge in [-0.05, 0) is 47.5 Å². The second-order valence-electron chi connectivity index (χ2n) is 5.11. The Kier molecular flexibility index (Phi) is 7.00. The van der Waals surface area contributed by atoms with Crippen LogP contribution in [0, 0.1) is 0 Å². The zero-order chi connectivity index (χ0) is 17.2. The lowest BCUT2D eigenvalue weighted by atomic mass is 10.3. The van der Waals surface area contributed by atoms with Crippen molar-refractivity contribution in [3.63, 3.8) is 0 Å². The second kappa shape index (κ2) is 9.49. The molecule has 0 spiro atoms. The number of esters is 1. The summed E-state index contributed by atoms with van der Waals surface area (Å²) < 4.78 is 17.5. The Hall–Kier alpha value is -2.64. The van der Waals surface area contributed by atoms with E-state index < -0.39 is 0 Å². The minimum Gasteiger partial charge on any atom is -0.497 e. The predicted octanol–water partition coefficient (Wildman–Crippen LogP) is 1.99. The van der Waals surface area contributed by atoms with Crippen molar-refractivity contribution in [2.45, 2.75) is 39.3 Å². The van der Waals surface area contributed by atoms with Gasteiger partial charge >= 0.3 is 5.97 Å². The number of rotatable bonds is 10. The zero-order valence-corrected chi connectivity index (χ0v) is 14.0. The molecule has 0 aliphatic rings. The summed E-state index contributed by atoms with van der Waals surface area (Å²) in [6, 6.07) is 7.30. The number of carbonyl (C=O) groups is 1. The van der Waals surface area contributed by atoms with Gasteiger partial charge in [-0.2, -0.15) is 0 Å². The highest BCUT2D eigenvalue weighted by Gasteiger charge is 2.09. The van der Waals surface area contributed by atoms with Crippen molar-refractivity contribution in [1.29, 1.82) is 0 Å². The number of methoxy groups -OCH3 is 1. The molecule has 0 atom stereocenters. The van der Waals surface area contributed by atoms with Crippen LogP contribution in [0.1, 0.15) is 32.0 Å². The van der Waals surface area contributed by atoms with E-state index in [9.17, 15) is 4.79 Å². The highest BCUT2D eigenvalue weighted by Crippen LogP contribution is 2.17. The third-order valence-corrected chi connectivity index (χ3v) is 3.26. The molecule has 1 aromatic heterocycles. The molecular weight excluding hydrogens is 312 g/mol. The summed E-state index contributed by atoms with van der Waals surface area (Å²) in [5.74, 6) is 1.78. The van der Waals surface area contributed by atoms with Gasteiger partial charge in [0.15, 0.2) is 12.4 Å². The van der Waals surface area contributed by atoms with Crippen molar-refractivity contribution in [3.8, 4) is 11.5 Å². The van der Waals surface area contributed by atoms with Gasteiger partial charge in [0, 0.05) is 13.0 Å². The van der Waals surface area contributed by atoms with Crippen LogP contribution in [0.5, 0.6) is 11.5 Å². The lowest BCUT2D eigenvalue weighted by Crippen LogP contribution is -2.11. The third-order valence-electron chi connectivity index (χ3n) is 3.26. The molecule has 0 N–H and O–H groups in total. The van der Waals surface area contributed by atoms with E-state index in [-0.39, 0.29) is 19.0 Å². The van der Waals surface area contributed by atoms with Crippen molar-refractivity contribution in [2.24, 2.45) is 0 Å². The molecule has 24 heavy (non-hydrogen) atoms. The summed E-state index contributed by atoms with van der Waals surface area (Å²) in [6.45, 7) is 3.26. The van der Waals surface area contributed by atoms with E-state index in [0.29, 0.717) is 25.4 Å². The number of nitrogens with zero attached hydrogens (tertiary/aromatic N) is 4. The Balaban J connectivity index is 1.63. The van der Waals surface area contributed by atoms with E-state index in [2.05, 4.69) is 15.5 Å². The van der Waals surface area contributed by atoms with Crippen LogP contribution in [-0.4, -0.2) is 39.9 Å². The van der Waals surface area contributed by atoms with Crippen LogP contribution < -0.4 is 9.47 Å². The average molecular weight is 334 g/mol. The first-order chi connectivity index (χ1) is 11.7. The number of hydrogen-bond acceptors (Lipinski definition) is 7. The minimum absolute atomic E-state index is 0.0885. The van der Waals surface area contributed by atoms with Crippen molar-refractivity contribution in [2.75, 3.05) is 13.7 Å². The van der Waals surface area contributed by atoms with E-state index in [1.807, 2.05) is 31.2 Å². The highest BCUT2D eigenvalue weighted by atomic mass is 16.5. The van der Waals surface area contributed by atoms with Gasteiger partial charge in [0.05, 0.1) is 13.7 Å². The number of tetrazole rings is 1. The first-order valence-electron chi connectivity index (χ1n) is 7.90. The molecule has 0 bridgehead atoms. The van der Waals surface area contributed by atoms with Crippen molar-refractivity contribution >= 4 is 5.97 Å². The Bertz CT molecular complexity index is 627. The molecule has 0 saturated carbocycles.